The summed E-state index contributed by atoms with van der Waals surface area (Å²) in [5, 5.41) is 25.4. The first-order valence-corrected chi connectivity index (χ1v) is 12.0. The molecule has 0 fully saturated rings. The van der Waals surface area contributed by atoms with Crippen molar-refractivity contribution in [3.05, 3.63) is 88.9 Å². The average molecular weight is 496 g/mol. The summed E-state index contributed by atoms with van der Waals surface area (Å²) in [5.41, 5.74) is 5.39. The fourth-order valence-electron chi connectivity index (χ4n) is 4.25. The minimum absolute atomic E-state index is 0.0681. The van der Waals surface area contributed by atoms with E-state index in [1.165, 1.54) is 0 Å². The minimum Gasteiger partial charge on any atom is -0.494 e. The Labute approximate surface area is 214 Å². The number of hydrogen-bond donors (Lipinski definition) is 4. The number of aromatic hydroxyl groups is 1. The number of nitrogens with zero attached hydrogens (tertiary/aromatic N) is 4. The Kier molecular flexibility index (Phi) is 6.12. The van der Waals surface area contributed by atoms with Crippen LogP contribution in [-0.4, -0.2) is 42.2 Å². The molecule has 37 heavy (non-hydrogen) atoms. The topological polar surface area (TPSA) is 124 Å². The van der Waals surface area contributed by atoms with Crippen molar-refractivity contribution >= 4 is 34.5 Å². The maximum absolute atomic E-state index is 12.9. The van der Waals surface area contributed by atoms with Gasteiger partial charge in [-0.1, -0.05) is 18.2 Å². The molecule has 9 nitrogen and oxygen atoms in total. The summed E-state index contributed by atoms with van der Waals surface area (Å²) in [6.45, 7) is 7.94. The van der Waals surface area contributed by atoms with Crippen LogP contribution in [-0.2, 0) is 12.0 Å². The van der Waals surface area contributed by atoms with Crippen LogP contribution in [0.4, 0.5) is 11.5 Å². The summed E-state index contributed by atoms with van der Waals surface area (Å²) in [4.78, 5) is 20.3. The van der Waals surface area contributed by atoms with E-state index >= 15 is 0 Å². The Hall–Kier alpha value is -4.66. The zero-order chi connectivity index (χ0) is 26.2. The lowest BCUT2D eigenvalue weighted by molar-refractivity contribution is 0.100. The molecule has 0 radical (unpaired) electrons. The van der Waals surface area contributed by atoms with Crippen molar-refractivity contribution in [3.8, 4) is 5.88 Å². The van der Waals surface area contributed by atoms with Crippen molar-refractivity contribution in [2.24, 2.45) is 4.99 Å². The molecular weight excluding hydrogens is 466 g/mol. The largest absolute Gasteiger partial charge is 0.494 e. The lowest BCUT2D eigenvalue weighted by atomic mass is 10.0. The van der Waals surface area contributed by atoms with Gasteiger partial charge in [0, 0.05) is 28.9 Å². The normalized spacial score (nSPS) is 12.0. The van der Waals surface area contributed by atoms with Crippen LogP contribution in [0.25, 0.3) is 10.9 Å². The number of aromatic amines is 2. The highest BCUT2D eigenvalue weighted by molar-refractivity contribution is 6.03. The van der Waals surface area contributed by atoms with Gasteiger partial charge in [-0.3, -0.25) is 14.6 Å². The van der Waals surface area contributed by atoms with Crippen molar-refractivity contribution in [2.45, 2.75) is 39.7 Å². The summed E-state index contributed by atoms with van der Waals surface area (Å²) in [6.07, 6.45) is 3.94. The number of rotatable bonds is 6. The first kappa shape index (κ1) is 24.1. The van der Waals surface area contributed by atoms with Gasteiger partial charge in [-0.2, -0.15) is 10.2 Å². The molecule has 9 heteroatoms. The molecule has 5 rings (SSSR count). The summed E-state index contributed by atoms with van der Waals surface area (Å²) < 4.78 is 1.76. The summed E-state index contributed by atoms with van der Waals surface area (Å²) in [7, 11) is 0. The molecule has 2 aromatic carbocycles. The molecule has 0 spiro atoms. The molecule has 188 valence electrons. The molecule has 0 aliphatic carbocycles. The summed E-state index contributed by atoms with van der Waals surface area (Å²) >= 11 is 0. The molecule has 0 aliphatic heterocycles. The second-order valence-electron chi connectivity index (χ2n) is 10.0. The van der Waals surface area contributed by atoms with Crippen LogP contribution in [0.1, 0.15) is 53.6 Å². The maximum Gasteiger partial charge on any atom is 0.273 e. The highest BCUT2D eigenvalue weighted by Gasteiger charge is 2.23. The van der Waals surface area contributed by atoms with E-state index in [1.807, 2.05) is 70.2 Å². The fourth-order valence-corrected chi connectivity index (χ4v) is 4.25. The van der Waals surface area contributed by atoms with Gasteiger partial charge < -0.3 is 15.4 Å². The zero-order valence-electron chi connectivity index (χ0n) is 21.2. The highest BCUT2D eigenvalue weighted by atomic mass is 16.3. The Morgan fingerprint density at radius 3 is 2.57 bits per heavy atom. The van der Waals surface area contributed by atoms with Crippen LogP contribution in [0, 0.1) is 6.92 Å². The number of amides is 1. The Morgan fingerprint density at radius 1 is 1.11 bits per heavy atom. The average Bonchev–Trinajstić information content (AvgIpc) is 3.57. The van der Waals surface area contributed by atoms with E-state index in [0.29, 0.717) is 23.5 Å². The van der Waals surface area contributed by atoms with E-state index in [4.69, 9.17) is 0 Å². The Morgan fingerprint density at radius 2 is 1.86 bits per heavy atom. The Balaban J connectivity index is 1.32. The summed E-state index contributed by atoms with van der Waals surface area (Å²) in [5.74, 6) is 0.485. The van der Waals surface area contributed by atoms with Crippen LogP contribution in [0.5, 0.6) is 5.88 Å². The predicted molar refractivity (Wildman–Crippen MR) is 145 cm³/mol. The molecule has 1 amide bonds. The number of carbonyl (C=O) groups excluding carboxylic acids is 1. The highest BCUT2D eigenvalue weighted by Crippen LogP contribution is 2.28. The Bertz CT molecular complexity index is 1580. The van der Waals surface area contributed by atoms with Crippen LogP contribution in [0.3, 0.4) is 0 Å². The lowest BCUT2D eigenvalue weighted by Crippen LogP contribution is -2.29. The fraction of sp³-hybridized carbons (Fsp3) is 0.214. The van der Waals surface area contributed by atoms with Gasteiger partial charge in [-0.25, -0.2) is 4.99 Å². The number of aryl methyl sites for hydroxylation is 1. The van der Waals surface area contributed by atoms with Crippen molar-refractivity contribution in [2.75, 3.05) is 5.32 Å². The molecule has 0 saturated carbocycles. The number of carbonyl (C=O) groups is 1. The van der Waals surface area contributed by atoms with Gasteiger partial charge in [0.15, 0.2) is 5.88 Å². The zero-order valence-corrected chi connectivity index (χ0v) is 21.2. The van der Waals surface area contributed by atoms with Gasteiger partial charge >= 0.3 is 0 Å². The number of hydrogen-bond acceptors (Lipinski definition) is 5. The molecule has 0 saturated heterocycles. The van der Waals surface area contributed by atoms with Crippen LogP contribution in [0.15, 0.2) is 65.8 Å². The van der Waals surface area contributed by atoms with Gasteiger partial charge in [0.25, 0.3) is 5.91 Å². The van der Waals surface area contributed by atoms with E-state index in [0.717, 1.165) is 33.4 Å². The smallest absolute Gasteiger partial charge is 0.273 e. The van der Waals surface area contributed by atoms with E-state index in [9.17, 15) is 9.90 Å². The van der Waals surface area contributed by atoms with Crippen LogP contribution in [0.2, 0.25) is 0 Å². The van der Waals surface area contributed by atoms with Crippen molar-refractivity contribution in [1.29, 1.82) is 0 Å². The standard InChI is InChI=1S/C28H29N7O2/c1-17-13-24(35(34-17)28(2,3)4)27(37)31-20-8-5-18(6-9-20)14-19-7-10-23-21(15-19)22(26(36)32-23)16-29-25-11-12-30-33-25/h5-13,15-16,32,36H,14H2,1-4H3,(H,30,33)(H,31,37). The first-order chi connectivity index (χ1) is 17.7. The first-order valence-electron chi connectivity index (χ1n) is 12.0. The molecule has 0 atom stereocenters. The van der Waals surface area contributed by atoms with Crippen LogP contribution >= 0.6 is 0 Å². The lowest BCUT2D eigenvalue weighted by Gasteiger charge is -2.22. The van der Waals surface area contributed by atoms with E-state index < -0.39 is 0 Å². The molecular formula is C28H29N7O2. The second-order valence-corrected chi connectivity index (χ2v) is 10.0. The van der Waals surface area contributed by atoms with E-state index in [2.05, 4.69) is 30.6 Å². The molecule has 0 bridgehead atoms. The number of aromatic nitrogens is 5. The van der Waals surface area contributed by atoms with E-state index in [-0.39, 0.29) is 17.3 Å². The molecule has 3 aromatic heterocycles. The third-order valence-corrected chi connectivity index (χ3v) is 6.02. The number of benzene rings is 2. The van der Waals surface area contributed by atoms with Gasteiger partial charge in [0.2, 0.25) is 0 Å². The SMILES string of the molecule is Cc1cc(C(=O)Nc2ccc(Cc3ccc4[nH]c(O)c(C=Nc5ccn[nH]5)c4c3)cc2)n(C(C)(C)C)n1. The van der Waals surface area contributed by atoms with Crippen LogP contribution < -0.4 is 5.32 Å². The number of anilines is 1. The number of fused-ring (bicyclic) bond motifs is 1. The van der Waals surface area contributed by atoms with E-state index in [1.54, 1.807) is 29.2 Å². The van der Waals surface area contributed by atoms with Gasteiger partial charge in [-0.05, 0) is 75.6 Å². The van der Waals surface area contributed by atoms with Crippen molar-refractivity contribution in [3.63, 3.8) is 0 Å². The second kappa shape index (κ2) is 9.42. The molecule has 3 heterocycles. The summed E-state index contributed by atoms with van der Waals surface area (Å²) in [6, 6.07) is 17.4. The number of H-pyrrole nitrogens is 2. The van der Waals surface area contributed by atoms with Gasteiger partial charge in [0.1, 0.15) is 11.5 Å². The molecule has 0 aliphatic rings. The van der Waals surface area contributed by atoms with Gasteiger partial charge in [0.05, 0.1) is 23.0 Å². The third kappa shape index (κ3) is 5.16. The number of aliphatic imine (C=N–C) groups is 1. The number of nitrogens with one attached hydrogen (secondary N) is 3. The van der Waals surface area contributed by atoms with Crippen molar-refractivity contribution < 1.29 is 9.90 Å². The molecule has 5 aromatic rings. The predicted octanol–water partition coefficient (Wildman–Crippen LogP) is 5.45. The maximum atomic E-state index is 12.9. The quantitative estimate of drug-likeness (QED) is 0.234. The monoisotopic (exact) mass is 495 g/mol. The molecule has 4 N–H and O–H groups in total. The van der Waals surface area contributed by atoms with Gasteiger partial charge in [-0.15, -0.1) is 0 Å². The third-order valence-electron chi connectivity index (χ3n) is 6.02. The molecule has 0 unspecified atom stereocenters. The minimum atomic E-state index is -0.299. The van der Waals surface area contributed by atoms with Crippen molar-refractivity contribution in [1.82, 2.24) is 25.0 Å².